The Balaban J connectivity index is 2.81. The van der Waals surface area contributed by atoms with Gasteiger partial charge in [-0.25, -0.2) is 0 Å². The summed E-state index contributed by atoms with van der Waals surface area (Å²) in [6.07, 6.45) is -0.00451. The van der Waals surface area contributed by atoms with Gasteiger partial charge in [0.2, 0.25) is 0 Å². The van der Waals surface area contributed by atoms with E-state index in [2.05, 4.69) is 5.32 Å². The Labute approximate surface area is 119 Å². The van der Waals surface area contributed by atoms with Crippen LogP contribution in [0.15, 0.2) is 18.2 Å². The minimum Gasteiger partial charge on any atom is -0.496 e. The maximum Gasteiger partial charge on any atom is 0.304 e. The second kappa shape index (κ2) is 7.87. The fourth-order valence-electron chi connectivity index (χ4n) is 2.15. The van der Waals surface area contributed by atoms with Crippen LogP contribution < -0.4 is 10.1 Å². The van der Waals surface area contributed by atoms with Crippen LogP contribution in [-0.2, 0) is 4.79 Å². The second-order valence-electron chi connectivity index (χ2n) is 4.80. The van der Waals surface area contributed by atoms with Gasteiger partial charge in [0.15, 0.2) is 0 Å². The van der Waals surface area contributed by atoms with E-state index in [0.29, 0.717) is 18.7 Å². The molecule has 0 spiro atoms. The largest absolute Gasteiger partial charge is 0.496 e. The average molecular weight is 281 g/mol. The number of rotatable bonds is 8. The Morgan fingerprint density at radius 3 is 2.70 bits per heavy atom. The maximum atomic E-state index is 10.5. The minimum atomic E-state index is -0.852. The standard InChI is InChI=1S/C15H23NO4/c1-4-12(16-8-7-14(17)18)15(19)11-9-10(2)5-6-13(11)20-3/h5-6,9,12,15-16,19H,4,7-8H2,1-3H3,(H,17,18). The quantitative estimate of drug-likeness (QED) is 0.678. The Kier molecular flexibility index (Phi) is 6.48. The van der Waals surface area contributed by atoms with E-state index in [-0.39, 0.29) is 12.5 Å². The molecule has 1 aromatic carbocycles. The second-order valence-corrected chi connectivity index (χ2v) is 4.80. The summed E-state index contributed by atoms with van der Waals surface area (Å²) in [6, 6.07) is 5.45. The van der Waals surface area contributed by atoms with E-state index in [0.717, 1.165) is 11.1 Å². The zero-order valence-corrected chi connectivity index (χ0v) is 12.2. The van der Waals surface area contributed by atoms with Gasteiger partial charge in [-0.05, 0) is 25.5 Å². The molecule has 0 fully saturated rings. The summed E-state index contributed by atoms with van der Waals surface area (Å²) in [5.74, 6) is -0.212. The molecule has 0 bridgehead atoms. The first kappa shape index (κ1) is 16.5. The molecule has 0 amide bonds. The normalized spacial score (nSPS) is 13.8. The number of hydrogen-bond donors (Lipinski definition) is 3. The molecule has 1 aromatic rings. The molecule has 0 saturated heterocycles. The maximum absolute atomic E-state index is 10.5. The van der Waals surface area contributed by atoms with Gasteiger partial charge in [0.1, 0.15) is 5.75 Å². The van der Waals surface area contributed by atoms with Crippen LogP contribution >= 0.6 is 0 Å². The number of carboxylic acid groups (broad SMARTS) is 1. The number of methoxy groups -OCH3 is 1. The molecule has 0 radical (unpaired) electrons. The van der Waals surface area contributed by atoms with Crippen LogP contribution in [0.1, 0.15) is 37.0 Å². The molecule has 5 heteroatoms. The van der Waals surface area contributed by atoms with Crippen LogP contribution in [0.25, 0.3) is 0 Å². The number of benzene rings is 1. The number of aliphatic carboxylic acids is 1. The highest BCUT2D eigenvalue weighted by Crippen LogP contribution is 2.29. The number of ether oxygens (including phenoxy) is 1. The van der Waals surface area contributed by atoms with E-state index in [1.807, 2.05) is 32.0 Å². The molecule has 0 heterocycles. The summed E-state index contributed by atoms with van der Waals surface area (Å²) in [5.41, 5.74) is 1.77. The number of nitrogens with one attached hydrogen (secondary N) is 1. The molecule has 20 heavy (non-hydrogen) atoms. The minimum absolute atomic E-state index is 0.0359. The molecular weight excluding hydrogens is 258 g/mol. The van der Waals surface area contributed by atoms with Crippen molar-refractivity contribution >= 4 is 5.97 Å². The Bertz CT molecular complexity index is 447. The van der Waals surface area contributed by atoms with Crippen molar-refractivity contribution in [2.24, 2.45) is 0 Å². The molecule has 3 N–H and O–H groups in total. The SMILES string of the molecule is CCC(NCCC(=O)O)C(O)c1cc(C)ccc1OC. The summed E-state index contributed by atoms with van der Waals surface area (Å²) >= 11 is 0. The third-order valence-corrected chi connectivity index (χ3v) is 3.27. The van der Waals surface area contributed by atoms with E-state index in [4.69, 9.17) is 9.84 Å². The fourth-order valence-corrected chi connectivity index (χ4v) is 2.15. The third kappa shape index (κ3) is 4.51. The molecule has 0 aromatic heterocycles. The summed E-state index contributed by atoms with van der Waals surface area (Å²) in [7, 11) is 1.57. The zero-order valence-electron chi connectivity index (χ0n) is 12.2. The van der Waals surface area contributed by atoms with Gasteiger partial charge in [0.05, 0.1) is 19.6 Å². The van der Waals surface area contributed by atoms with Crippen molar-refractivity contribution in [2.75, 3.05) is 13.7 Å². The number of hydrogen-bond acceptors (Lipinski definition) is 4. The van der Waals surface area contributed by atoms with Crippen molar-refractivity contribution in [1.82, 2.24) is 5.32 Å². The van der Waals surface area contributed by atoms with Crippen molar-refractivity contribution in [3.8, 4) is 5.75 Å². The first-order chi connectivity index (χ1) is 9.49. The van der Waals surface area contributed by atoms with Crippen molar-refractivity contribution in [3.05, 3.63) is 29.3 Å². The van der Waals surface area contributed by atoms with E-state index in [9.17, 15) is 9.90 Å². The lowest BCUT2D eigenvalue weighted by Crippen LogP contribution is -2.36. The fraction of sp³-hybridized carbons (Fsp3) is 0.533. The highest BCUT2D eigenvalue weighted by Gasteiger charge is 2.22. The lowest BCUT2D eigenvalue weighted by Gasteiger charge is -2.24. The van der Waals surface area contributed by atoms with Crippen LogP contribution in [0.3, 0.4) is 0 Å². The smallest absolute Gasteiger partial charge is 0.304 e. The molecule has 112 valence electrons. The monoisotopic (exact) mass is 281 g/mol. The van der Waals surface area contributed by atoms with Crippen LogP contribution in [0.5, 0.6) is 5.75 Å². The molecule has 2 unspecified atom stereocenters. The average Bonchev–Trinajstić information content (AvgIpc) is 2.42. The Hall–Kier alpha value is -1.59. The zero-order chi connectivity index (χ0) is 15.1. The highest BCUT2D eigenvalue weighted by atomic mass is 16.5. The molecule has 0 saturated carbocycles. The van der Waals surface area contributed by atoms with Gasteiger partial charge >= 0.3 is 5.97 Å². The van der Waals surface area contributed by atoms with Crippen LogP contribution in [0.2, 0.25) is 0 Å². The van der Waals surface area contributed by atoms with Crippen LogP contribution in [-0.4, -0.2) is 35.9 Å². The molecule has 2 atom stereocenters. The van der Waals surface area contributed by atoms with Gasteiger partial charge in [0.25, 0.3) is 0 Å². The van der Waals surface area contributed by atoms with Gasteiger partial charge in [-0.15, -0.1) is 0 Å². The topological polar surface area (TPSA) is 78.8 Å². The Morgan fingerprint density at radius 1 is 1.45 bits per heavy atom. The van der Waals surface area contributed by atoms with E-state index in [1.54, 1.807) is 7.11 Å². The Morgan fingerprint density at radius 2 is 2.15 bits per heavy atom. The van der Waals surface area contributed by atoms with E-state index in [1.165, 1.54) is 0 Å². The lowest BCUT2D eigenvalue weighted by atomic mass is 9.97. The van der Waals surface area contributed by atoms with Gasteiger partial charge in [-0.3, -0.25) is 4.79 Å². The van der Waals surface area contributed by atoms with Crippen molar-refractivity contribution < 1.29 is 19.7 Å². The predicted molar refractivity (Wildman–Crippen MR) is 77.0 cm³/mol. The van der Waals surface area contributed by atoms with Crippen LogP contribution in [0.4, 0.5) is 0 Å². The molecule has 0 aliphatic rings. The number of aliphatic hydroxyl groups excluding tert-OH is 1. The first-order valence-corrected chi connectivity index (χ1v) is 6.77. The molecule has 1 rings (SSSR count). The molecule has 0 aliphatic carbocycles. The van der Waals surface area contributed by atoms with E-state index >= 15 is 0 Å². The van der Waals surface area contributed by atoms with Gasteiger partial charge in [-0.1, -0.05) is 18.6 Å². The number of carbonyl (C=O) groups is 1. The number of aryl methyl sites for hydroxylation is 1. The lowest BCUT2D eigenvalue weighted by molar-refractivity contribution is -0.136. The molecule has 5 nitrogen and oxygen atoms in total. The molecular formula is C15H23NO4. The van der Waals surface area contributed by atoms with Crippen molar-refractivity contribution in [3.63, 3.8) is 0 Å². The van der Waals surface area contributed by atoms with Gasteiger partial charge < -0.3 is 20.3 Å². The summed E-state index contributed by atoms with van der Waals surface area (Å²) in [6.45, 7) is 4.23. The third-order valence-electron chi connectivity index (χ3n) is 3.27. The summed E-state index contributed by atoms with van der Waals surface area (Å²) in [4.78, 5) is 10.5. The van der Waals surface area contributed by atoms with Gasteiger partial charge in [-0.2, -0.15) is 0 Å². The summed E-state index contributed by atoms with van der Waals surface area (Å²) in [5, 5.41) is 22.2. The number of aliphatic hydroxyl groups is 1. The van der Waals surface area contributed by atoms with Crippen molar-refractivity contribution in [1.29, 1.82) is 0 Å². The first-order valence-electron chi connectivity index (χ1n) is 6.77. The number of carboxylic acids is 1. The van der Waals surface area contributed by atoms with Gasteiger partial charge in [0, 0.05) is 18.2 Å². The molecule has 0 aliphatic heterocycles. The predicted octanol–water partition coefficient (Wildman–Crippen LogP) is 1.88. The van der Waals surface area contributed by atoms with Crippen LogP contribution in [0, 0.1) is 6.92 Å². The van der Waals surface area contributed by atoms with Crippen molar-refractivity contribution in [2.45, 2.75) is 38.8 Å². The highest BCUT2D eigenvalue weighted by molar-refractivity contribution is 5.66. The van der Waals surface area contributed by atoms with E-state index < -0.39 is 12.1 Å². The summed E-state index contributed by atoms with van der Waals surface area (Å²) < 4.78 is 5.28.